The Bertz CT molecular complexity index is 1010. The van der Waals surface area contributed by atoms with Crippen molar-refractivity contribution in [2.75, 3.05) is 0 Å². The molecule has 0 atom stereocenters. The molecule has 5 heteroatoms. The predicted octanol–water partition coefficient (Wildman–Crippen LogP) is 3.95. The maximum atomic E-state index is 6.04. The minimum absolute atomic E-state index is 0.748. The molecule has 122 valence electrons. The first-order chi connectivity index (χ1) is 11.7. The van der Waals surface area contributed by atoms with Gasteiger partial charge in [0.05, 0.1) is 18.3 Å². The second-order valence-electron chi connectivity index (χ2n) is 6.01. The summed E-state index contributed by atoms with van der Waals surface area (Å²) in [7, 11) is 1.96. The highest BCUT2D eigenvalue weighted by Gasteiger charge is 2.19. The first-order valence-electron chi connectivity index (χ1n) is 8.18. The third-order valence-corrected chi connectivity index (χ3v) is 4.61. The van der Waals surface area contributed by atoms with E-state index in [1.807, 2.05) is 48.5 Å². The molecule has 0 aliphatic carbocycles. The van der Waals surface area contributed by atoms with Crippen LogP contribution in [0.5, 0.6) is 0 Å². The molecule has 0 saturated heterocycles. The smallest absolute Gasteiger partial charge is 0.144 e. The zero-order valence-corrected chi connectivity index (χ0v) is 14.2. The summed E-state index contributed by atoms with van der Waals surface area (Å²) in [6.07, 6.45) is 6.63. The lowest BCUT2D eigenvalue weighted by Crippen LogP contribution is -2.03. The van der Waals surface area contributed by atoms with Crippen LogP contribution >= 0.6 is 0 Å². The molecule has 0 saturated carbocycles. The molecule has 0 fully saturated rings. The maximum absolute atomic E-state index is 6.04. The van der Waals surface area contributed by atoms with E-state index in [0.717, 1.165) is 41.1 Å². The number of hydrogen-bond donors (Lipinski definition) is 0. The summed E-state index contributed by atoms with van der Waals surface area (Å²) in [6.45, 7) is 4.95. The first-order valence-corrected chi connectivity index (χ1v) is 8.18. The summed E-state index contributed by atoms with van der Waals surface area (Å²) in [5.41, 5.74) is 4.38. The number of para-hydroxylation sites is 1. The van der Waals surface area contributed by atoms with E-state index in [1.54, 1.807) is 0 Å². The Balaban J connectivity index is 1.84. The van der Waals surface area contributed by atoms with Crippen LogP contribution in [0, 0.1) is 6.92 Å². The Kier molecular flexibility index (Phi) is 3.49. The van der Waals surface area contributed by atoms with Crippen molar-refractivity contribution in [3.8, 4) is 11.4 Å². The molecule has 0 N–H and O–H groups in total. The number of benzene rings is 1. The van der Waals surface area contributed by atoms with E-state index >= 15 is 0 Å². The average Bonchev–Trinajstić information content (AvgIpc) is 3.27. The molecule has 4 aromatic rings. The highest BCUT2D eigenvalue weighted by atomic mass is 16.3. The van der Waals surface area contributed by atoms with Gasteiger partial charge in [0.1, 0.15) is 17.2 Å². The Morgan fingerprint density at radius 3 is 2.79 bits per heavy atom. The van der Waals surface area contributed by atoms with Crippen LogP contribution in [0.4, 0.5) is 0 Å². The Labute approximate surface area is 140 Å². The van der Waals surface area contributed by atoms with Gasteiger partial charge in [0, 0.05) is 42.5 Å². The molecule has 0 aliphatic rings. The van der Waals surface area contributed by atoms with Gasteiger partial charge in [-0.15, -0.1) is 0 Å². The number of fused-ring (bicyclic) bond motifs is 1. The van der Waals surface area contributed by atoms with Crippen LogP contribution in [0.25, 0.3) is 22.4 Å². The number of nitrogens with zero attached hydrogens (tertiary/aromatic N) is 4. The van der Waals surface area contributed by atoms with E-state index in [4.69, 9.17) is 4.42 Å². The van der Waals surface area contributed by atoms with Gasteiger partial charge in [0.15, 0.2) is 0 Å². The minimum Gasteiger partial charge on any atom is -0.460 e. The van der Waals surface area contributed by atoms with E-state index in [0.29, 0.717) is 0 Å². The van der Waals surface area contributed by atoms with E-state index in [2.05, 4.69) is 34.6 Å². The fourth-order valence-electron chi connectivity index (χ4n) is 3.14. The van der Waals surface area contributed by atoms with Crippen molar-refractivity contribution in [3.63, 3.8) is 0 Å². The fraction of sp³-hybridized carbons (Fsp3) is 0.263. The topological polar surface area (TPSA) is 48.8 Å². The Morgan fingerprint density at radius 2 is 2.04 bits per heavy atom. The molecule has 24 heavy (non-hydrogen) atoms. The second kappa shape index (κ2) is 5.67. The summed E-state index contributed by atoms with van der Waals surface area (Å²) in [5, 5.41) is 5.45. The number of aromatic nitrogens is 4. The van der Waals surface area contributed by atoms with Crippen molar-refractivity contribution < 1.29 is 4.42 Å². The van der Waals surface area contributed by atoms with Crippen LogP contribution in [-0.4, -0.2) is 19.3 Å². The van der Waals surface area contributed by atoms with Gasteiger partial charge >= 0.3 is 0 Å². The number of aryl methyl sites for hydroxylation is 2. The Morgan fingerprint density at radius 1 is 1.21 bits per heavy atom. The molecule has 0 aliphatic heterocycles. The van der Waals surface area contributed by atoms with Gasteiger partial charge in [-0.1, -0.05) is 25.1 Å². The third-order valence-electron chi connectivity index (χ3n) is 4.61. The van der Waals surface area contributed by atoms with E-state index in [-0.39, 0.29) is 0 Å². The van der Waals surface area contributed by atoms with Gasteiger partial charge < -0.3 is 8.98 Å². The molecular formula is C19H20N4O. The quantitative estimate of drug-likeness (QED) is 0.572. The van der Waals surface area contributed by atoms with Crippen LogP contribution < -0.4 is 0 Å². The van der Waals surface area contributed by atoms with Crippen LogP contribution in [0.15, 0.2) is 47.3 Å². The van der Waals surface area contributed by atoms with Gasteiger partial charge in [-0.25, -0.2) is 4.98 Å². The third kappa shape index (κ3) is 2.24. The summed E-state index contributed by atoms with van der Waals surface area (Å²) in [4.78, 5) is 4.63. The van der Waals surface area contributed by atoms with Gasteiger partial charge in [-0.05, 0) is 13.0 Å². The van der Waals surface area contributed by atoms with Crippen molar-refractivity contribution >= 4 is 11.0 Å². The van der Waals surface area contributed by atoms with Crippen molar-refractivity contribution in [2.45, 2.75) is 26.8 Å². The zero-order valence-electron chi connectivity index (χ0n) is 14.2. The number of rotatable bonds is 4. The lowest BCUT2D eigenvalue weighted by Gasteiger charge is -2.08. The minimum atomic E-state index is 0.748. The van der Waals surface area contributed by atoms with Crippen molar-refractivity contribution in [2.24, 2.45) is 7.05 Å². The standard InChI is InChI=1S/C19H20N4O/c1-4-16-18(15-7-5-6-8-17(15)24-16)19-20-9-10-23(19)12-14-11-21-22(3)13(14)2/h5-11H,4,12H2,1-3H3. The van der Waals surface area contributed by atoms with E-state index < -0.39 is 0 Å². The average molecular weight is 320 g/mol. The summed E-state index contributed by atoms with van der Waals surface area (Å²) < 4.78 is 10.1. The highest BCUT2D eigenvalue weighted by Crippen LogP contribution is 2.34. The molecule has 3 heterocycles. The number of hydrogen-bond acceptors (Lipinski definition) is 3. The number of imidazole rings is 1. The van der Waals surface area contributed by atoms with E-state index in [9.17, 15) is 0 Å². The molecule has 3 aromatic heterocycles. The summed E-state index contributed by atoms with van der Waals surface area (Å²) >= 11 is 0. The lowest BCUT2D eigenvalue weighted by molar-refractivity contribution is 0.557. The molecule has 4 rings (SSSR count). The summed E-state index contributed by atoms with van der Waals surface area (Å²) in [6, 6.07) is 8.15. The summed E-state index contributed by atoms with van der Waals surface area (Å²) in [5.74, 6) is 1.92. The SMILES string of the molecule is CCc1oc2ccccc2c1-c1nccn1Cc1cnn(C)c1C. The van der Waals surface area contributed by atoms with Gasteiger partial charge in [0.25, 0.3) is 0 Å². The van der Waals surface area contributed by atoms with Crippen LogP contribution in [-0.2, 0) is 20.0 Å². The molecule has 0 unspecified atom stereocenters. The van der Waals surface area contributed by atoms with Crippen LogP contribution in [0.3, 0.4) is 0 Å². The normalized spacial score (nSPS) is 11.5. The largest absolute Gasteiger partial charge is 0.460 e. The molecule has 0 spiro atoms. The maximum Gasteiger partial charge on any atom is 0.144 e. The highest BCUT2D eigenvalue weighted by molar-refractivity contribution is 5.94. The van der Waals surface area contributed by atoms with Crippen molar-refractivity contribution in [3.05, 3.63) is 59.9 Å². The monoisotopic (exact) mass is 320 g/mol. The number of furan rings is 1. The van der Waals surface area contributed by atoms with Crippen LogP contribution in [0.1, 0.15) is 23.9 Å². The zero-order chi connectivity index (χ0) is 16.7. The molecule has 0 amide bonds. The van der Waals surface area contributed by atoms with Gasteiger partial charge in [-0.2, -0.15) is 5.10 Å². The molecule has 1 aromatic carbocycles. The van der Waals surface area contributed by atoms with E-state index in [1.165, 1.54) is 11.3 Å². The van der Waals surface area contributed by atoms with Crippen molar-refractivity contribution in [1.82, 2.24) is 19.3 Å². The molecule has 5 nitrogen and oxygen atoms in total. The molecule has 0 radical (unpaired) electrons. The molecule has 0 bridgehead atoms. The fourth-order valence-corrected chi connectivity index (χ4v) is 3.14. The van der Waals surface area contributed by atoms with Crippen LogP contribution in [0.2, 0.25) is 0 Å². The van der Waals surface area contributed by atoms with Gasteiger partial charge in [0.2, 0.25) is 0 Å². The second-order valence-corrected chi connectivity index (χ2v) is 6.01. The Hall–Kier alpha value is -2.82. The molecular weight excluding hydrogens is 300 g/mol. The first kappa shape index (κ1) is 14.8. The predicted molar refractivity (Wildman–Crippen MR) is 93.9 cm³/mol. The van der Waals surface area contributed by atoms with Crippen molar-refractivity contribution in [1.29, 1.82) is 0 Å². The lowest BCUT2D eigenvalue weighted by atomic mass is 10.1. The van der Waals surface area contributed by atoms with Gasteiger partial charge in [-0.3, -0.25) is 4.68 Å².